The fourth-order valence-electron chi connectivity index (χ4n) is 0.721. The van der Waals surface area contributed by atoms with Gasteiger partial charge in [-0.1, -0.05) is 23.2 Å². The maximum Gasteiger partial charge on any atom is 0.138 e. The first-order valence-electron chi connectivity index (χ1n) is 3.06. The van der Waals surface area contributed by atoms with Gasteiger partial charge >= 0.3 is 0 Å². The molecule has 0 amide bonds. The number of nitrogen functional groups attached to an aromatic ring is 1. The Morgan fingerprint density at radius 3 is 2.62 bits per heavy atom. The van der Waals surface area contributed by atoms with Gasteiger partial charge in [-0.05, 0) is 33.8 Å². The number of nitriles is 1. The van der Waals surface area contributed by atoms with E-state index in [1.54, 1.807) is 6.07 Å². The standard InChI is InChI=1S/C7H3BrCl2N2S/c8-3-1-4(13-2-11)7(12)6(10)5(3)9/h1H,12H2. The highest BCUT2D eigenvalue weighted by atomic mass is 79.9. The van der Waals surface area contributed by atoms with Crippen molar-refractivity contribution in [3.8, 4) is 5.40 Å². The first-order valence-corrected chi connectivity index (χ1v) is 5.43. The van der Waals surface area contributed by atoms with Gasteiger partial charge in [0, 0.05) is 9.37 Å². The van der Waals surface area contributed by atoms with Gasteiger partial charge in [-0.2, -0.15) is 5.26 Å². The van der Waals surface area contributed by atoms with Crippen molar-refractivity contribution < 1.29 is 0 Å². The summed E-state index contributed by atoms with van der Waals surface area (Å²) in [6, 6.07) is 1.66. The van der Waals surface area contributed by atoms with Crippen LogP contribution < -0.4 is 5.73 Å². The van der Waals surface area contributed by atoms with Crippen LogP contribution in [0.3, 0.4) is 0 Å². The van der Waals surface area contributed by atoms with Gasteiger partial charge in [0.2, 0.25) is 0 Å². The average molecular weight is 298 g/mol. The number of benzene rings is 1. The predicted octanol–water partition coefficient (Wildman–Crippen LogP) is 3.91. The molecule has 0 aliphatic carbocycles. The Bertz CT molecular complexity index is 389. The van der Waals surface area contributed by atoms with E-state index < -0.39 is 0 Å². The zero-order chi connectivity index (χ0) is 10.0. The fourth-order valence-corrected chi connectivity index (χ4v) is 2.32. The van der Waals surface area contributed by atoms with Crippen LogP contribution in [-0.2, 0) is 0 Å². The van der Waals surface area contributed by atoms with Gasteiger partial charge in [-0.15, -0.1) is 0 Å². The second-order valence-corrected chi connectivity index (χ2v) is 4.53. The molecule has 0 saturated carbocycles. The van der Waals surface area contributed by atoms with Crippen LogP contribution in [0.4, 0.5) is 5.69 Å². The molecule has 0 aromatic heterocycles. The minimum atomic E-state index is 0.272. The van der Waals surface area contributed by atoms with Crippen LogP contribution in [0.25, 0.3) is 0 Å². The highest BCUT2D eigenvalue weighted by Crippen LogP contribution is 2.40. The smallest absolute Gasteiger partial charge is 0.138 e. The fraction of sp³-hybridized carbons (Fsp3) is 0. The molecule has 0 unspecified atom stereocenters. The van der Waals surface area contributed by atoms with Crippen molar-refractivity contribution in [3.05, 3.63) is 20.6 Å². The van der Waals surface area contributed by atoms with Gasteiger partial charge in [0.25, 0.3) is 0 Å². The molecule has 0 spiro atoms. The lowest BCUT2D eigenvalue weighted by molar-refractivity contribution is 1.44. The SMILES string of the molecule is N#CSc1cc(Br)c(Cl)c(Cl)c1N. The number of nitrogens with zero attached hydrogens (tertiary/aromatic N) is 1. The quantitative estimate of drug-likeness (QED) is 0.370. The van der Waals surface area contributed by atoms with Gasteiger partial charge in [0.15, 0.2) is 0 Å². The van der Waals surface area contributed by atoms with Gasteiger partial charge < -0.3 is 5.73 Å². The molecule has 0 atom stereocenters. The third-order valence-electron chi connectivity index (χ3n) is 1.32. The van der Waals surface area contributed by atoms with Crippen molar-refractivity contribution in [2.24, 2.45) is 0 Å². The summed E-state index contributed by atoms with van der Waals surface area (Å²) in [5, 5.41) is 11.0. The normalized spacial score (nSPS) is 9.69. The molecule has 2 nitrogen and oxygen atoms in total. The van der Waals surface area contributed by atoms with Gasteiger partial charge in [0.1, 0.15) is 5.40 Å². The van der Waals surface area contributed by atoms with Crippen LogP contribution in [0, 0.1) is 10.7 Å². The van der Waals surface area contributed by atoms with Crippen molar-refractivity contribution >= 4 is 56.6 Å². The second kappa shape index (κ2) is 4.43. The molecular weight excluding hydrogens is 295 g/mol. The number of nitrogens with two attached hydrogens (primary N) is 1. The monoisotopic (exact) mass is 296 g/mol. The molecule has 68 valence electrons. The summed E-state index contributed by atoms with van der Waals surface area (Å²) in [6.07, 6.45) is 0. The molecule has 0 aliphatic rings. The highest BCUT2D eigenvalue weighted by molar-refractivity contribution is 9.10. The minimum Gasteiger partial charge on any atom is -0.397 e. The largest absolute Gasteiger partial charge is 0.397 e. The first-order chi connectivity index (χ1) is 6.07. The second-order valence-electron chi connectivity index (χ2n) is 2.09. The molecule has 0 heterocycles. The van der Waals surface area contributed by atoms with Gasteiger partial charge in [-0.3, -0.25) is 0 Å². The van der Waals surface area contributed by atoms with E-state index in [9.17, 15) is 0 Å². The van der Waals surface area contributed by atoms with E-state index in [0.29, 0.717) is 20.1 Å². The van der Waals surface area contributed by atoms with Crippen LogP contribution in [0.15, 0.2) is 15.4 Å². The summed E-state index contributed by atoms with van der Waals surface area (Å²) in [5.41, 5.74) is 5.96. The molecule has 1 rings (SSSR count). The van der Waals surface area contributed by atoms with E-state index in [-0.39, 0.29) is 5.02 Å². The maximum absolute atomic E-state index is 8.46. The highest BCUT2D eigenvalue weighted by Gasteiger charge is 2.11. The third kappa shape index (κ3) is 2.23. The van der Waals surface area contributed by atoms with E-state index in [1.807, 2.05) is 5.40 Å². The molecule has 0 radical (unpaired) electrons. The van der Waals surface area contributed by atoms with E-state index in [4.69, 9.17) is 34.2 Å². The van der Waals surface area contributed by atoms with Crippen LogP contribution in [0.2, 0.25) is 10.0 Å². The Balaban J connectivity index is 3.34. The minimum absolute atomic E-state index is 0.272. The average Bonchev–Trinajstić information content (AvgIpc) is 2.11. The molecule has 13 heavy (non-hydrogen) atoms. The summed E-state index contributed by atoms with van der Waals surface area (Å²) in [5.74, 6) is 0. The number of halogens is 3. The molecule has 0 fully saturated rings. The van der Waals surface area contributed by atoms with E-state index >= 15 is 0 Å². The number of hydrogen-bond donors (Lipinski definition) is 1. The maximum atomic E-state index is 8.46. The summed E-state index contributed by atoms with van der Waals surface area (Å²) < 4.78 is 0.631. The molecular formula is C7H3BrCl2N2S. The number of hydrogen-bond acceptors (Lipinski definition) is 3. The Labute approximate surface area is 98.1 Å². The number of thiocyanates is 1. The van der Waals surface area contributed by atoms with E-state index in [1.165, 1.54) is 0 Å². The molecule has 6 heteroatoms. The zero-order valence-corrected chi connectivity index (χ0v) is 10.1. The third-order valence-corrected chi connectivity index (χ3v) is 3.70. The Hall–Kier alpha value is -0.0800. The van der Waals surface area contributed by atoms with Crippen LogP contribution in [0.1, 0.15) is 0 Å². The van der Waals surface area contributed by atoms with Crippen molar-refractivity contribution in [2.75, 3.05) is 5.73 Å². The van der Waals surface area contributed by atoms with E-state index in [2.05, 4.69) is 15.9 Å². The first kappa shape index (κ1) is 11.0. The van der Waals surface area contributed by atoms with Crippen molar-refractivity contribution in [2.45, 2.75) is 4.90 Å². The molecule has 1 aromatic carbocycles. The molecule has 0 bridgehead atoms. The van der Waals surface area contributed by atoms with E-state index in [0.717, 1.165) is 11.8 Å². The summed E-state index contributed by atoms with van der Waals surface area (Å²) in [6.45, 7) is 0. The van der Waals surface area contributed by atoms with Crippen LogP contribution >= 0.6 is 50.9 Å². The Morgan fingerprint density at radius 2 is 2.08 bits per heavy atom. The van der Waals surface area contributed by atoms with Crippen molar-refractivity contribution in [1.29, 1.82) is 5.26 Å². The topological polar surface area (TPSA) is 49.8 Å². The molecule has 1 aromatic rings. The number of rotatable bonds is 1. The predicted molar refractivity (Wildman–Crippen MR) is 60.0 cm³/mol. The Morgan fingerprint density at radius 1 is 1.46 bits per heavy atom. The van der Waals surface area contributed by atoms with Gasteiger partial charge in [0.05, 0.1) is 15.7 Å². The molecule has 0 aliphatic heterocycles. The van der Waals surface area contributed by atoms with Gasteiger partial charge in [-0.25, -0.2) is 0 Å². The number of thioether (sulfide) groups is 1. The number of anilines is 1. The lowest BCUT2D eigenvalue weighted by Gasteiger charge is -2.06. The molecule has 0 saturated heterocycles. The van der Waals surface area contributed by atoms with Crippen LogP contribution in [-0.4, -0.2) is 0 Å². The summed E-state index contributed by atoms with van der Waals surface area (Å²) in [4.78, 5) is 0.601. The zero-order valence-electron chi connectivity index (χ0n) is 6.14. The summed E-state index contributed by atoms with van der Waals surface area (Å²) >= 11 is 15.8. The van der Waals surface area contributed by atoms with Crippen molar-refractivity contribution in [1.82, 2.24) is 0 Å². The Kier molecular flexibility index (Phi) is 3.74. The van der Waals surface area contributed by atoms with Crippen LogP contribution in [0.5, 0.6) is 0 Å². The lowest BCUT2D eigenvalue weighted by atomic mass is 10.3. The van der Waals surface area contributed by atoms with Crippen molar-refractivity contribution in [3.63, 3.8) is 0 Å². The summed E-state index contributed by atoms with van der Waals surface area (Å²) in [7, 11) is 0. The lowest BCUT2D eigenvalue weighted by Crippen LogP contribution is -1.90. The molecule has 2 N–H and O–H groups in total.